The molecule has 0 spiro atoms. The zero-order valence-electron chi connectivity index (χ0n) is 18.5. The van der Waals surface area contributed by atoms with Crippen molar-refractivity contribution in [3.8, 4) is 5.75 Å². The van der Waals surface area contributed by atoms with Gasteiger partial charge < -0.3 is 14.0 Å². The number of carbonyl (C=O) groups is 2. The van der Waals surface area contributed by atoms with Crippen LogP contribution in [0.4, 0.5) is 0 Å². The van der Waals surface area contributed by atoms with Gasteiger partial charge in [0, 0.05) is 29.8 Å². The first kappa shape index (κ1) is 22.6. The molecule has 0 aliphatic carbocycles. The van der Waals surface area contributed by atoms with Gasteiger partial charge in [-0.1, -0.05) is 53.8 Å². The van der Waals surface area contributed by atoms with Crippen LogP contribution in [-0.4, -0.2) is 36.6 Å². The summed E-state index contributed by atoms with van der Waals surface area (Å²) in [6.45, 7) is 3.67. The minimum Gasteiger partial charge on any atom is -0.497 e. The van der Waals surface area contributed by atoms with Crippen molar-refractivity contribution in [1.82, 2.24) is 4.57 Å². The number of rotatable bonds is 8. The van der Waals surface area contributed by atoms with Gasteiger partial charge in [0.1, 0.15) is 5.75 Å². The third kappa shape index (κ3) is 5.10. The first-order valence-corrected chi connectivity index (χ1v) is 11.5. The molecule has 0 saturated heterocycles. The van der Waals surface area contributed by atoms with E-state index >= 15 is 0 Å². The average Bonchev–Trinajstić information content (AvgIpc) is 3.20. The van der Waals surface area contributed by atoms with E-state index in [-0.39, 0.29) is 11.7 Å². The maximum absolute atomic E-state index is 12.9. The maximum Gasteiger partial charge on any atom is 0.279 e. The van der Waals surface area contributed by atoms with Crippen LogP contribution in [0.3, 0.4) is 0 Å². The molecule has 0 N–H and O–H groups in total. The van der Waals surface area contributed by atoms with Gasteiger partial charge in [-0.15, -0.1) is 0 Å². The fraction of sp³-hybridized carbons (Fsp3) is 0.192. The van der Waals surface area contributed by atoms with Crippen LogP contribution < -0.4 is 9.54 Å². The molecule has 4 rings (SSSR count). The Kier molecular flexibility index (Phi) is 7.12. The zero-order valence-corrected chi connectivity index (χ0v) is 19.3. The fourth-order valence-corrected chi connectivity index (χ4v) is 4.54. The fourth-order valence-electron chi connectivity index (χ4n) is 3.45. The predicted molar refractivity (Wildman–Crippen MR) is 129 cm³/mol. The SMILES string of the molecule is CCOCCn1c(=NC(=O)c2ccc(C(=O)c3ccccc3)cc2)sc2cc(OC)ccc21. The summed E-state index contributed by atoms with van der Waals surface area (Å²) >= 11 is 1.43. The topological polar surface area (TPSA) is 69.9 Å². The second-order valence-corrected chi connectivity index (χ2v) is 8.27. The van der Waals surface area contributed by atoms with Gasteiger partial charge in [-0.05, 0) is 37.3 Å². The number of ether oxygens (including phenoxy) is 2. The molecule has 0 unspecified atom stereocenters. The number of nitrogens with zero attached hydrogens (tertiary/aromatic N) is 2. The van der Waals surface area contributed by atoms with Gasteiger partial charge in [0.15, 0.2) is 10.6 Å². The molecule has 4 aromatic rings. The van der Waals surface area contributed by atoms with Gasteiger partial charge in [0.2, 0.25) is 0 Å². The number of hydrogen-bond donors (Lipinski definition) is 0. The van der Waals surface area contributed by atoms with E-state index in [4.69, 9.17) is 9.47 Å². The van der Waals surface area contributed by atoms with Crippen molar-refractivity contribution < 1.29 is 19.1 Å². The lowest BCUT2D eigenvalue weighted by Gasteiger charge is -2.06. The number of fused-ring (bicyclic) bond motifs is 1. The first-order valence-electron chi connectivity index (χ1n) is 10.6. The highest BCUT2D eigenvalue weighted by Gasteiger charge is 2.12. The molecule has 1 heterocycles. The maximum atomic E-state index is 12.9. The van der Waals surface area contributed by atoms with Gasteiger partial charge >= 0.3 is 0 Å². The van der Waals surface area contributed by atoms with Crippen molar-refractivity contribution >= 4 is 33.2 Å². The highest BCUT2D eigenvalue weighted by Crippen LogP contribution is 2.23. The summed E-state index contributed by atoms with van der Waals surface area (Å²) in [6.07, 6.45) is 0. The molecule has 3 aromatic carbocycles. The predicted octanol–water partition coefficient (Wildman–Crippen LogP) is 4.72. The summed E-state index contributed by atoms with van der Waals surface area (Å²) in [5.41, 5.74) is 2.53. The Balaban J connectivity index is 1.65. The molecular weight excluding hydrogens is 436 g/mol. The molecule has 1 amide bonds. The molecule has 0 saturated carbocycles. The molecule has 0 radical (unpaired) electrons. The van der Waals surface area contributed by atoms with Gasteiger partial charge in [-0.25, -0.2) is 0 Å². The van der Waals surface area contributed by atoms with Gasteiger partial charge in [0.25, 0.3) is 5.91 Å². The molecule has 0 bridgehead atoms. The summed E-state index contributed by atoms with van der Waals surface area (Å²) in [5.74, 6) is 0.299. The number of aromatic nitrogens is 1. The Bertz CT molecular complexity index is 1340. The molecule has 0 atom stereocenters. The van der Waals surface area contributed by atoms with E-state index in [1.807, 2.05) is 47.9 Å². The molecule has 0 fully saturated rings. The summed E-state index contributed by atoms with van der Waals surface area (Å²) in [5, 5.41) is 0. The van der Waals surface area contributed by atoms with Crippen molar-refractivity contribution in [3.05, 3.63) is 94.3 Å². The van der Waals surface area contributed by atoms with Crippen molar-refractivity contribution in [2.24, 2.45) is 4.99 Å². The third-order valence-corrected chi connectivity index (χ3v) is 6.22. The molecule has 168 valence electrons. The van der Waals surface area contributed by atoms with Crippen molar-refractivity contribution in [3.63, 3.8) is 0 Å². The Morgan fingerprint density at radius 2 is 1.64 bits per heavy atom. The van der Waals surface area contributed by atoms with E-state index in [2.05, 4.69) is 4.99 Å². The smallest absolute Gasteiger partial charge is 0.279 e. The molecule has 7 heteroatoms. The van der Waals surface area contributed by atoms with Crippen LogP contribution in [0.2, 0.25) is 0 Å². The third-order valence-electron chi connectivity index (χ3n) is 5.18. The first-order chi connectivity index (χ1) is 16.1. The Morgan fingerprint density at radius 1 is 0.939 bits per heavy atom. The van der Waals surface area contributed by atoms with Crippen molar-refractivity contribution in [2.75, 3.05) is 20.3 Å². The van der Waals surface area contributed by atoms with Crippen molar-refractivity contribution in [2.45, 2.75) is 13.5 Å². The number of hydrogen-bond acceptors (Lipinski definition) is 5. The minimum atomic E-state index is -0.364. The van der Waals surface area contributed by atoms with Crippen LogP contribution in [0.15, 0.2) is 77.8 Å². The molecule has 33 heavy (non-hydrogen) atoms. The van der Waals surface area contributed by atoms with E-state index in [1.54, 1.807) is 43.5 Å². The van der Waals surface area contributed by atoms with Gasteiger partial charge in [0.05, 0.1) is 23.9 Å². The number of amides is 1. The van der Waals surface area contributed by atoms with E-state index in [0.29, 0.717) is 41.3 Å². The second-order valence-electron chi connectivity index (χ2n) is 7.26. The van der Waals surface area contributed by atoms with Crippen LogP contribution in [0.5, 0.6) is 5.75 Å². The zero-order chi connectivity index (χ0) is 23.2. The van der Waals surface area contributed by atoms with E-state index in [0.717, 1.165) is 16.0 Å². The highest BCUT2D eigenvalue weighted by molar-refractivity contribution is 7.16. The van der Waals surface area contributed by atoms with E-state index in [9.17, 15) is 9.59 Å². The monoisotopic (exact) mass is 460 g/mol. The molecule has 0 aliphatic heterocycles. The molecule has 1 aromatic heterocycles. The van der Waals surface area contributed by atoms with E-state index in [1.165, 1.54) is 11.3 Å². The summed E-state index contributed by atoms with van der Waals surface area (Å²) in [7, 11) is 1.62. The summed E-state index contributed by atoms with van der Waals surface area (Å²) in [4.78, 5) is 30.5. The lowest BCUT2D eigenvalue weighted by molar-refractivity contribution is 0.0993. The van der Waals surface area contributed by atoms with Crippen LogP contribution in [-0.2, 0) is 11.3 Å². The Morgan fingerprint density at radius 3 is 2.33 bits per heavy atom. The largest absolute Gasteiger partial charge is 0.497 e. The molecular formula is C26H24N2O4S. The normalized spacial score (nSPS) is 11.6. The minimum absolute atomic E-state index is 0.0845. The molecule has 6 nitrogen and oxygen atoms in total. The number of ketones is 1. The average molecular weight is 461 g/mol. The van der Waals surface area contributed by atoms with E-state index < -0.39 is 0 Å². The van der Waals surface area contributed by atoms with Crippen LogP contribution in [0.1, 0.15) is 33.2 Å². The lowest BCUT2D eigenvalue weighted by atomic mass is 10.0. The molecule has 0 aliphatic rings. The summed E-state index contributed by atoms with van der Waals surface area (Å²) < 4.78 is 13.8. The van der Waals surface area contributed by atoms with Crippen LogP contribution in [0.25, 0.3) is 10.2 Å². The Hall–Kier alpha value is -3.55. The lowest BCUT2D eigenvalue weighted by Crippen LogP contribution is -2.19. The van der Waals surface area contributed by atoms with Crippen molar-refractivity contribution in [1.29, 1.82) is 0 Å². The number of carbonyl (C=O) groups excluding carboxylic acids is 2. The number of benzene rings is 3. The summed E-state index contributed by atoms with van der Waals surface area (Å²) in [6, 6.07) is 21.5. The van der Waals surface area contributed by atoms with Gasteiger partial charge in [-0.3, -0.25) is 9.59 Å². The quantitative estimate of drug-likeness (QED) is 0.282. The second kappa shape index (κ2) is 10.4. The van der Waals surface area contributed by atoms with Crippen LogP contribution >= 0.6 is 11.3 Å². The van der Waals surface area contributed by atoms with Crippen LogP contribution in [0, 0.1) is 0 Å². The van der Waals surface area contributed by atoms with Gasteiger partial charge in [-0.2, -0.15) is 4.99 Å². The standard InChI is InChI=1S/C26H24N2O4S/c1-3-32-16-15-28-22-14-13-21(31-2)17-23(22)33-26(28)27-25(30)20-11-9-19(10-12-20)24(29)18-7-5-4-6-8-18/h4-14,17H,3,15-16H2,1-2H3. The number of methoxy groups -OCH3 is 1. The highest BCUT2D eigenvalue weighted by atomic mass is 32.1. The Labute approximate surface area is 195 Å². The number of thiazole rings is 1.